The summed E-state index contributed by atoms with van der Waals surface area (Å²) in [6, 6.07) is 7.47. The molecule has 2 heterocycles. The maximum Gasteiger partial charge on any atom is 0.223 e. The van der Waals surface area contributed by atoms with Gasteiger partial charge in [-0.05, 0) is 24.0 Å². The SMILES string of the molecule is O=C(CC1CCS(=O)(=O)C1)N1CCNCC1c1ccccc1Cl. The molecule has 7 heteroatoms. The first-order valence-electron chi connectivity index (χ1n) is 7.91. The first-order chi connectivity index (χ1) is 11.0. The second-order valence-corrected chi connectivity index (χ2v) is 8.94. The topological polar surface area (TPSA) is 66.5 Å². The Bertz CT molecular complexity index is 692. The van der Waals surface area contributed by atoms with E-state index in [1.807, 2.05) is 29.2 Å². The molecule has 3 rings (SSSR count). The first-order valence-corrected chi connectivity index (χ1v) is 10.1. The summed E-state index contributed by atoms with van der Waals surface area (Å²) < 4.78 is 23.2. The Morgan fingerprint density at radius 2 is 2.13 bits per heavy atom. The fraction of sp³-hybridized carbons (Fsp3) is 0.562. The summed E-state index contributed by atoms with van der Waals surface area (Å²) in [4.78, 5) is 14.6. The van der Waals surface area contributed by atoms with Gasteiger partial charge in [0.05, 0.1) is 17.5 Å². The monoisotopic (exact) mass is 356 g/mol. The van der Waals surface area contributed by atoms with Gasteiger partial charge in [0.1, 0.15) is 0 Å². The number of sulfone groups is 1. The highest BCUT2D eigenvalue weighted by molar-refractivity contribution is 7.91. The smallest absolute Gasteiger partial charge is 0.223 e. The van der Waals surface area contributed by atoms with E-state index in [4.69, 9.17) is 11.6 Å². The molecule has 126 valence electrons. The third-order valence-electron chi connectivity index (χ3n) is 4.62. The van der Waals surface area contributed by atoms with Crippen LogP contribution < -0.4 is 5.32 Å². The van der Waals surface area contributed by atoms with E-state index in [0.29, 0.717) is 31.0 Å². The molecule has 2 aliphatic heterocycles. The van der Waals surface area contributed by atoms with Crippen molar-refractivity contribution in [1.82, 2.24) is 10.2 Å². The third-order valence-corrected chi connectivity index (χ3v) is 6.80. The summed E-state index contributed by atoms with van der Waals surface area (Å²) in [5, 5.41) is 3.96. The Labute approximate surface area is 141 Å². The van der Waals surface area contributed by atoms with E-state index in [-0.39, 0.29) is 29.4 Å². The normalized spacial score (nSPS) is 27.1. The maximum absolute atomic E-state index is 12.7. The number of amides is 1. The maximum atomic E-state index is 12.7. The van der Waals surface area contributed by atoms with Gasteiger partial charge < -0.3 is 10.2 Å². The first kappa shape index (κ1) is 16.7. The largest absolute Gasteiger partial charge is 0.333 e. The zero-order chi connectivity index (χ0) is 16.4. The fourth-order valence-corrected chi connectivity index (χ4v) is 5.55. The quantitative estimate of drug-likeness (QED) is 0.894. The zero-order valence-electron chi connectivity index (χ0n) is 12.9. The molecule has 0 radical (unpaired) electrons. The average molecular weight is 357 g/mol. The van der Waals surface area contributed by atoms with E-state index in [1.54, 1.807) is 0 Å². The molecule has 0 bridgehead atoms. The molecule has 2 fully saturated rings. The molecule has 2 unspecified atom stereocenters. The summed E-state index contributed by atoms with van der Waals surface area (Å²) in [5.41, 5.74) is 0.939. The Morgan fingerprint density at radius 3 is 2.83 bits per heavy atom. The second kappa shape index (κ2) is 6.79. The summed E-state index contributed by atoms with van der Waals surface area (Å²) >= 11 is 6.29. The van der Waals surface area contributed by atoms with Crippen molar-refractivity contribution >= 4 is 27.3 Å². The van der Waals surface area contributed by atoms with E-state index >= 15 is 0 Å². The molecule has 2 saturated heterocycles. The van der Waals surface area contributed by atoms with Crippen LogP contribution in [0.4, 0.5) is 0 Å². The molecule has 5 nitrogen and oxygen atoms in total. The van der Waals surface area contributed by atoms with Crippen LogP contribution in [0.2, 0.25) is 5.02 Å². The molecule has 0 aliphatic carbocycles. The van der Waals surface area contributed by atoms with Crippen molar-refractivity contribution < 1.29 is 13.2 Å². The highest BCUT2D eigenvalue weighted by Gasteiger charge is 2.34. The lowest BCUT2D eigenvalue weighted by Crippen LogP contribution is -2.49. The molecule has 2 aliphatic rings. The number of hydrogen-bond acceptors (Lipinski definition) is 4. The predicted molar refractivity (Wildman–Crippen MR) is 90.2 cm³/mol. The standard InChI is InChI=1S/C16H21ClN2O3S/c17-14-4-2-1-3-13(14)15-10-18-6-7-19(15)16(20)9-12-5-8-23(21,22)11-12/h1-4,12,15,18H,5-11H2. The number of benzene rings is 1. The van der Waals surface area contributed by atoms with Crippen molar-refractivity contribution in [3.05, 3.63) is 34.9 Å². The number of halogens is 1. The van der Waals surface area contributed by atoms with Crippen molar-refractivity contribution in [2.24, 2.45) is 5.92 Å². The van der Waals surface area contributed by atoms with Gasteiger partial charge in [0, 0.05) is 31.1 Å². The molecule has 0 spiro atoms. The van der Waals surface area contributed by atoms with Crippen molar-refractivity contribution in [2.75, 3.05) is 31.1 Å². The molecule has 1 amide bonds. The van der Waals surface area contributed by atoms with Crippen LogP contribution in [0.3, 0.4) is 0 Å². The van der Waals surface area contributed by atoms with Crippen LogP contribution in [-0.2, 0) is 14.6 Å². The van der Waals surface area contributed by atoms with E-state index in [2.05, 4.69) is 5.32 Å². The molecule has 23 heavy (non-hydrogen) atoms. The number of hydrogen-bond donors (Lipinski definition) is 1. The van der Waals surface area contributed by atoms with Gasteiger partial charge in [0.15, 0.2) is 9.84 Å². The zero-order valence-corrected chi connectivity index (χ0v) is 14.4. The average Bonchev–Trinajstić information content (AvgIpc) is 2.86. The Balaban J connectivity index is 1.74. The van der Waals surface area contributed by atoms with Crippen LogP contribution in [0.5, 0.6) is 0 Å². The van der Waals surface area contributed by atoms with Gasteiger partial charge in [-0.1, -0.05) is 29.8 Å². The number of nitrogens with one attached hydrogen (secondary N) is 1. The van der Waals surface area contributed by atoms with E-state index < -0.39 is 9.84 Å². The van der Waals surface area contributed by atoms with Crippen molar-refractivity contribution in [3.8, 4) is 0 Å². The highest BCUT2D eigenvalue weighted by Crippen LogP contribution is 2.30. The van der Waals surface area contributed by atoms with Gasteiger partial charge >= 0.3 is 0 Å². The van der Waals surface area contributed by atoms with Crippen molar-refractivity contribution in [1.29, 1.82) is 0 Å². The summed E-state index contributed by atoms with van der Waals surface area (Å²) in [6.45, 7) is 2.03. The van der Waals surface area contributed by atoms with Crippen LogP contribution in [0.1, 0.15) is 24.4 Å². The number of piperazine rings is 1. The van der Waals surface area contributed by atoms with Crippen LogP contribution in [0.25, 0.3) is 0 Å². The van der Waals surface area contributed by atoms with E-state index in [1.165, 1.54) is 0 Å². The Hall–Kier alpha value is -1.11. The van der Waals surface area contributed by atoms with Gasteiger partial charge in [-0.3, -0.25) is 4.79 Å². The molecule has 0 aromatic heterocycles. The van der Waals surface area contributed by atoms with Crippen molar-refractivity contribution in [3.63, 3.8) is 0 Å². The van der Waals surface area contributed by atoms with Crippen LogP contribution >= 0.6 is 11.6 Å². The number of rotatable bonds is 3. The summed E-state index contributed by atoms with van der Waals surface area (Å²) in [6.07, 6.45) is 0.900. The van der Waals surface area contributed by atoms with Gasteiger partial charge in [-0.25, -0.2) is 8.42 Å². The molecular weight excluding hydrogens is 336 g/mol. The third kappa shape index (κ3) is 3.87. The number of nitrogens with zero attached hydrogens (tertiary/aromatic N) is 1. The Kier molecular flexibility index (Phi) is 4.94. The lowest BCUT2D eigenvalue weighted by molar-refractivity contribution is -0.135. The van der Waals surface area contributed by atoms with Gasteiger partial charge in [-0.15, -0.1) is 0 Å². The summed E-state index contributed by atoms with van der Waals surface area (Å²) in [7, 11) is -2.95. The lowest BCUT2D eigenvalue weighted by atomic mass is 9.99. The van der Waals surface area contributed by atoms with Crippen LogP contribution in [0.15, 0.2) is 24.3 Å². The fourth-order valence-electron chi connectivity index (χ4n) is 3.42. The number of carbonyl (C=O) groups excluding carboxylic acids is 1. The van der Waals surface area contributed by atoms with E-state index in [0.717, 1.165) is 12.1 Å². The molecule has 2 atom stereocenters. The Morgan fingerprint density at radius 1 is 1.35 bits per heavy atom. The number of carbonyl (C=O) groups is 1. The molecule has 1 aromatic carbocycles. The van der Waals surface area contributed by atoms with Gasteiger partial charge in [-0.2, -0.15) is 0 Å². The van der Waals surface area contributed by atoms with Crippen LogP contribution in [0, 0.1) is 5.92 Å². The lowest BCUT2D eigenvalue weighted by Gasteiger charge is -2.37. The minimum atomic E-state index is -2.95. The molecule has 0 saturated carbocycles. The highest BCUT2D eigenvalue weighted by atomic mass is 35.5. The van der Waals surface area contributed by atoms with Gasteiger partial charge in [0.25, 0.3) is 0 Å². The van der Waals surface area contributed by atoms with Crippen molar-refractivity contribution in [2.45, 2.75) is 18.9 Å². The molecule has 1 aromatic rings. The predicted octanol–water partition coefficient (Wildman–Crippen LogP) is 1.64. The molecular formula is C16H21ClN2O3S. The van der Waals surface area contributed by atoms with Gasteiger partial charge in [0.2, 0.25) is 5.91 Å². The minimum Gasteiger partial charge on any atom is -0.333 e. The minimum absolute atomic E-state index is 0.0264. The second-order valence-electron chi connectivity index (χ2n) is 6.30. The molecule has 1 N–H and O–H groups in total. The summed E-state index contributed by atoms with van der Waals surface area (Å²) in [5.74, 6) is 0.329. The van der Waals surface area contributed by atoms with E-state index in [9.17, 15) is 13.2 Å². The van der Waals surface area contributed by atoms with Crippen LogP contribution in [-0.4, -0.2) is 50.4 Å².